The van der Waals surface area contributed by atoms with Crippen LogP contribution in [0, 0.1) is 0 Å². The van der Waals surface area contributed by atoms with Crippen molar-refractivity contribution >= 4 is 17.7 Å². The molecule has 0 bridgehead atoms. The number of nitrogens with zero attached hydrogens (tertiary/aromatic N) is 3. The molecule has 3 amide bonds. The number of carbonyl (C=O) groups is 3. The Bertz CT molecular complexity index is 633. The number of amides is 3. The molecule has 26 heavy (non-hydrogen) atoms. The molecule has 2 N–H and O–H groups in total. The van der Waals surface area contributed by atoms with Gasteiger partial charge < -0.3 is 20.2 Å². The van der Waals surface area contributed by atoms with E-state index in [1.807, 2.05) is 13.8 Å². The highest BCUT2D eigenvalue weighted by Gasteiger charge is 2.41. The average molecular weight is 362 g/mol. The van der Waals surface area contributed by atoms with E-state index >= 15 is 0 Å². The minimum absolute atomic E-state index is 0.0364. The molecular formula is C18H26N4O4. The summed E-state index contributed by atoms with van der Waals surface area (Å²) < 4.78 is 0. The number of pyridine rings is 1. The van der Waals surface area contributed by atoms with E-state index in [0.717, 1.165) is 0 Å². The molecule has 0 aliphatic carbocycles. The van der Waals surface area contributed by atoms with Crippen LogP contribution < -0.4 is 5.32 Å². The summed E-state index contributed by atoms with van der Waals surface area (Å²) in [5.41, 5.74) is 0.430. The van der Waals surface area contributed by atoms with Gasteiger partial charge in [0, 0.05) is 44.5 Å². The van der Waals surface area contributed by atoms with Gasteiger partial charge in [-0.1, -0.05) is 0 Å². The van der Waals surface area contributed by atoms with Crippen molar-refractivity contribution in [3.8, 4) is 0 Å². The van der Waals surface area contributed by atoms with Crippen LogP contribution in [0.15, 0.2) is 24.5 Å². The second kappa shape index (κ2) is 9.28. The molecule has 0 unspecified atom stereocenters. The Hall–Kier alpha value is -2.48. The lowest BCUT2D eigenvalue weighted by molar-refractivity contribution is -0.144. The van der Waals surface area contributed by atoms with Crippen molar-refractivity contribution in [2.24, 2.45) is 0 Å². The van der Waals surface area contributed by atoms with Gasteiger partial charge in [-0.25, -0.2) is 0 Å². The molecule has 1 fully saturated rings. The zero-order valence-corrected chi connectivity index (χ0v) is 15.2. The Morgan fingerprint density at radius 3 is 2.65 bits per heavy atom. The highest BCUT2D eigenvalue weighted by atomic mass is 16.3. The SMILES string of the molecule is CCN(CC)C(=O)[C@@H]1C[C@@H](NC(=O)c2cccnc2)CN1C(=O)CCO. The fourth-order valence-corrected chi connectivity index (χ4v) is 3.20. The van der Waals surface area contributed by atoms with E-state index in [0.29, 0.717) is 25.1 Å². The van der Waals surface area contributed by atoms with Gasteiger partial charge in [0.15, 0.2) is 0 Å². The normalized spacial score (nSPS) is 19.3. The van der Waals surface area contributed by atoms with E-state index < -0.39 is 6.04 Å². The molecule has 2 heterocycles. The number of aliphatic hydroxyl groups excluding tert-OH is 1. The third kappa shape index (κ3) is 4.57. The number of carbonyl (C=O) groups excluding carboxylic acids is 3. The highest BCUT2D eigenvalue weighted by Crippen LogP contribution is 2.21. The van der Waals surface area contributed by atoms with Crippen LogP contribution in [0.3, 0.4) is 0 Å². The van der Waals surface area contributed by atoms with Crippen molar-refractivity contribution in [1.82, 2.24) is 20.1 Å². The molecule has 0 aromatic carbocycles. The van der Waals surface area contributed by atoms with Gasteiger partial charge in [-0.3, -0.25) is 19.4 Å². The summed E-state index contributed by atoms with van der Waals surface area (Å²) in [4.78, 5) is 44.5. The molecule has 1 aliphatic heterocycles. The summed E-state index contributed by atoms with van der Waals surface area (Å²) in [6, 6.07) is 2.39. The van der Waals surface area contributed by atoms with Gasteiger partial charge in [-0.2, -0.15) is 0 Å². The van der Waals surface area contributed by atoms with Gasteiger partial charge in [0.1, 0.15) is 6.04 Å². The number of rotatable bonds is 7. The van der Waals surface area contributed by atoms with Crippen molar-refractivity contribution < 1.29 is 19.5 Å². The van der Waals surface area contributed by atoms with Crippen LogP contribution in [0.5, 0.6) is 0 Å². The first kappa shape index (κ1) is 19.8. The lowest BCUT2D eigenvalue weighted by Crippen LogP contribution is -2.47. The zero-order chi connectivity index (χ0) is 19.1. The first-order chi connectivity index (χ1) is 12.5. The third-order valence-corrected chi connectivity index (χ3v) is 4.57. The predicted octanol–water partition coefficient (Wildman–Crippen LogP) is 0.0317. The van der Waals surface area contributed by atoms with Crippen molar-refractivity contribution in [2.45, 2.75) is 38.8 Å². The summed E-state index contributed by atoms with van der Waals surface area (Å²) in [5.74, 6) is -0.691. The summed E-state index contributed by atoms with van der Waals surface area (Å²) in [7, 11) is 0. The molecular weight excluding hydrogens is 336 g/mol. The van der Waals surface area contributed by atoms with Gasteiger partial charge in [0.25, 0.3) is 5.91 Å². The molecule has 2 atom stereocenters. The first-order valence-corrected chi connectivity index (χ1v) is 8.91. The number of nitrogens with one attached hydrogen (secondary N) is 1. The number of hydrogen-bond donors (Lipinski definition) is 2. The van der Waals surface area contributed by atoms with Crippen LogP contribution in [0.4, 0.5) is 0 Å². The van der Waals surface area contributed by atoms with Gasteiger partial charge in [-0.15, -0.1) is 0 Å². The number of likely N-dealkylation sites (tertiary alicyclic amines) is 1. The second-order valence-corrected chi connectivity index (χ2v) is 6.19. The minimum Gasteiger partial charge on any atom is -0.396 e. The first-order valence-electron chi connectivity index (χ1n) is 8.91. The second-order valence-electron chi connectivity index (χ2n) is 6.19. The lowest BCUT2D eigenvalue weighted by Gasteiger charge is -2.28. The average Bonchev–Trinajstić information content (AvgIpc) is 3.07. The Labute approximate surface area is 153 Å². The number of hydrogen-bond acceptors (Lipinski definition) is 5. The molecule has 1 aliphatic rings. The fraction of sp³-hybridized carbons (Fsp3) is 0.556. The van der Waals surface area contributed by atoms with E-state index in [2.05, 4.69) is 10.3 Å². The summed E-state index contributed by atoms with van der Waals surface area (Å²) in [6.07, 6.45) is 3.38. The van der Waals surface area contributed by atoms with Crippen molar-refractivity contribution in [2.75, 3.05) is 26.2 Å². The van der Waals surface area contributed by atoms with Crippen LogP contribution in [-0.4, -0.2) is 75.9 Å². The predicted molar refractivity (Wildman–Crippen MR) is 95.2 cm³/mol. The molecule has 8 nitrogen and oxygen atoms in total. The lowest BCUT2D eigenvalue weighted by atomic mass is 10.1. The Morgan fingerprint density at radius 1 is 1.35 bits per heavy atom. The minimum atomic E-state index is -0.617. The van der Waals surface area contributed by atoms with E-state index in [9.17, 15) is 14.4 Å². The topological polar surface area (TPSA) is 103 Å². The number of likely N-dealkylation sites (N-methyl/N-ethyl adjacent to an activating group) is 1. The van der Waals surface area contributed by atoms with Crippen LogP contribution in [0.2, 0.25) is 0 Å². The quantitative estimate of drug-likeness (QED) is 0.712. The maximum Gasteiger partial charge on any atom is 0.253 e. The van der Waals surface area contributed by atoms with Crippen molar-refractivity contribution in [3.63, 3.8) is 0 Å². The van der Waals surface area contributed by atoms with Gasteiger partial charge in [0.2, 0.25) is 11.8 Å². The van der Waals surface area contributed by atoms with Crippen LogP contribution in [0.25, 0.3) is 0 Å². The van der Waals surface area contributed by atoms with E-state index in [-0.39, 0.29) is 43.3 Å². The van der Waals surface area contributed by atoms with Crippen LogP contribution in [0.1, 0.15) is 37.0 Å². The van der Waals surface area contributed by atoms with Crippen molar-refractivity contribution in [3.05, 3.63) is 30.1 Å². The monoisotopic (exact) mass is 362 g/mol. The van der Waals surface area contributed by atoms with E-state index in [4.69, 9.17) is 5.11 Å². The Balaban J connectivity index is 2.12. The third-order valence-electron chi connectivity index (χ3n) is 4.57. The largest absolute Gasteiger partial charge is 0.396 e. The molecule has 0 radical (unpaired) electrons. The molecule has 1 aromatic heterocycles. The molecule has 1 aromatic rings. The number of aliphatic hydroxyl groups is 1. The van der Waals surface area contributed by atoms with Crippen LogP contribution in [-0.2, 0) is 9.59 Å². The highest BCUT2D eigenvalue weighted by molar-refractivity contribution is 5.94. The van der Waals surface area contributed by atoms with E-state index in [1.54, 1.807) is 23.2 Å². The van der Waals surface area contributed by atoms with E-state index in [1.165, 1.54) is 11.1 Å². The molecule has 2 rings (SSSR count). The van der Waals surface area contributed by atoms with Crippen molar-refractivity contribution in [1.29, 1.82) is 0 Å². The summed E-state index contributed by atoms with van der Waals surface area (Å²) in [5, 5.41) is 11.9. The summed E-state index contributed by atoms with van der Waals surface area (Å²) >= 11 is 0. The maximum absolute atomic E-state index is 12.8. The Morgan fingerprint density at radius 2 is 2.08 bits per heavy atom. The van der Waals surface area contributed by atoms with Crippen LogP contribution >= 0.6 is 0 Å². The molecule has 0 spiro atoms. The van der Waals surface area contributed by atoms with Gasteiger partial charge >= 0.3 is 0 Å². The Kier molecular flexibility index (Phi) is 7.08. The van der Waals surface area contributed by atoms with Gasteiger partial charge in [-0.05, 0) is 32.4 Å². The fourth-order valence-electron chi connectivity index (χ4n) is 3.20. The molecule has 0 saturated carbocycles. The molecule has 1 saturated heterocycles. The van der Waals surface area contributed by atoms with Gasteiger partial charge in [0.05, 0.1) is 12.2 Å². The molecule has 142 valence electrons. The standard InChI is InChI=1S/C18H26N4O4/c1-3-21(4-2)18(26)15-10-14(12-22(15)16(24)7-9-23)20-17(25)13-6-5-8-19-11-13/h5-6,8,11,14-15,23H,3-4,7,9-10,12H2,1-2H3,(H,20,25)/t14-,15+/m1/s1. The molecule has 8 heteroatoms. The summed E-state index contributed by atoms with van der Waals surface area (Å²) in [6.45, 7) is 4.87. The smallest absolute Gasteiger partial charge is 0.253 e. The number of aromatic nitrogens is 1. The zero-order valence-electron chi connectivity index (χ0n) is 15.2. The maximum atomic E-state index is 12.8.